The van der Waals surface area contributed by atoms with E-state index in [1.807, 2.05) is 0 Å². The molecule has 0 fully saturated rings. The second kappa shape index (κ2) is 6.83. The lowest BCUT2D eigenvalue weighted by atomic mass is 10.3. The summed E-state index contributed by atoms with van der Waals surface area (Å²) in [5.41, 5.74) is 0. The minimum absolute atomic E-state index is 0.0626. The van der Waals surface area contributed by atoms with Crippen molar-refractivity contribution in [2.45, 2.75) is 0 Å². The average Bonchev–Trinajstić information content (AvgIpc) is 2.27. The molecule has 0 unspecified atom stereocenters. The van der Waals surface area contributed by atoms with Crippen molar-refractivity contribution in [2.24, 2.45) is 0 Å². The minimum Gasteiger partial charge on any atom is -0.483 e. The highest BCUT2D eigenvalue weighted by Gasteiger charge is 2.10. The van der Waals surface area contributed by atoms with Gasteiger partial charge < -0.3 is 14.7 Å². The van der Waals surface area contributed by atoms with Crippen molar-refractivity contribution in [2.75, 3.05) is 26.8 Å². The number of aliphatic hydroxyl groups excluding tert-OH is 1. The van der Waals surface area contributed by atoms with Crippen LogP contribution in [-0.2, 0) is 4.79 Å². The lowest BCUT2D eigenvalue weighted by molar-refractivity contribution is -0.132. The third-order valence-corrected chi connectivity index (χ3v) is 2.96. The van der Waals surface area contributed by atoms with Crippen LogP contribution in [0, 0.1) is 0 Å². The molecule has 0 bridgehead atoms. The van der Waals surface area contributed by atoms with E-state index in [4.69, 9.17) is 21.4 Å². The molecule has 1 aromatic carbocycles. The Balaban J connectivity index is 2.53. The lowest BCUT2D eigenvalue weighted by Crippen LogP contribution is -2.33. The van der Waals surface area contributed by atoms with Crippen LogP contribution < -0.4 is 4.74 Å². The molecule has 0 aliphatic heterocycles. The predicted octanol–water partition coefficient (Wildman–Crippen LogP) is 1.93. The van der Waals surface area contributed by atoms with Crippen LogP contribution in [0.2, 0.25) is 5.02 Å². The van der Waals surface area contributed by atoms with E-state index in [0.29, 0.717) is 21.8 Å². The van der Waals surface area contributed by atoms with Gasteiger partial charge in [0.15, 0.2) is 6.61 Å². The predicted molar refractivity (Wildman–Crippen MR) is 69.4 cm³/mol. The number of ether oxygens (including phenoxy) is 1. The van der Waals surface area contributed by atoms with Crippen LogP contribution in [0.15, 0.2) is 22.7 Å². The van der Waals surface area contributed by atoms with Crippen LogP contribution in [0.5, 0.6) is 5.75 Å². The van der Waals surface area contributed by atoms with Gasteiger partial charge in [0, 0.05) is 18.6 Å². The number of halogens is 2. The van der Waals surface area contributed by atoms with E-state index in [9.17, 15) is 4.79 Å². The van der Waals surface area contributed by atoms with E-state index >= 15 is 0 Å². The Labute approximate surface area is 113 Å². The topological polar surface area (TPSA) is 49.8 Å². The molecule has 4 nitrogen and oxygen atoms in total. The molecule has 6 heteroatoms. The quantitative estimate of drug-likeness (QED) is 0.901. The SMILES string of the molecule is CN(CCO)C(=O)COc1ccc(Cl)cc1Br. The second-order valence-electron chi connectivity index (χ2n) is 3.40. The number of carbonyl (C=O) groups excluding carboxylic acids is 1. The van der Waals surface area contributed by atoms with Gasteiger partial charge in [-0.15, -0.1) is 0 Å². The summed E-state index contributed by atoms with van der Waals surface area (Å²) in [5.74, 6) is 0.362. The van der Waals surface area contributed by atoms with Gasteiger partial charge in [-0.25, -0.2) is 0 Å². The number of nitrogens with zero attached hydrogens (tertiary/aromatic N) is 1. The van der Waals surface area contributed by atoms with Gasteiger partial charge in [-0.2, -0.15) is 0 Å². The van der Waals surface area contributed by atoms with Crippen molar-refractivity contribution >= 4 is 33.4 Å². The molecule has 0 saturated heterocycles. The smallest absolute Gasteiger partial charge is 0.260 e. The third-order valence-electron chi connectivity index (χ3n) is 2.11. The highest BCUT2D eigenvalue weighted by atomic mass is 79.9. The molecule has 0 saturated carbocycles. The Morgan fingerprint density at radius 3 is 2.88 bits per heavy atom. The molecule has 94 valence electrons. The summed E-state index contributed by atoms with van der Waals surface area (Å²) in [5, 5.41) is 9.28. The van der Waals surface area contributed by atoms with E-state index in [-0.39, 0.29) is 19.1 Å². The van der Waals surface area contributed by atoms with Crippen LogP contribution in [0.3, 0.4) is 0 Å². The fraction of sp³-hybridized carbons (Fsp3) is 0.364. The Bertz CT molecular complexity index is 400. The van der Waals surface area contributed by atoms with Crippen molar-refractivity contribution in [1.29, 1.82) is 0 Å². The highest BCUT2D eigenvalue weighted by Crippen LogP contribution is 2.27. The summed E-state index contributed by atoms with van der Waals surface area (Å²) in [6.07, 6.45) is 0. The largest absolute Gasteiger partial charge is 0.483 e. The molecule has 0 atom stereocenters. The van der Waals surface area contributed by atoms with Crippen molar-refractivity contribution in [1.82, 2.24) is 4.90 Å². The molecule has 0 aromatic heterocycles. The van der Waals surface area contributed by atoms with Gasteiger partial charge in [-0.1, -0.05) is 11.6 Å². The van der Waals surface area contributed by atoms with E-state index in [1.165, 1.54) is 4.90 Å². The summed E-state index contributed by atoms with van der Waals surface area (Å²) in [6.45, 7) is 0.160. The Hall–Kier alpha value is -0.780. The average molecular weight is 323 g/mol. The molecule has 1 aromatic rings. The standard InChI is InChI=1S/C11H13BrClNO3/c1-14(4-5-15)11(16)7-17-10-3-2-8(13)6-9(10)12/h2-3,6,15H,4-5,7H2,1H3. The van der Waals surface area contributed by atoms with Gasteiger partial charge in [0.2, 0.25) is 0 Å². The number of benzene rings is 1. The molecule has 0 heterocycles. The highest BCUT2D eigenvalue weighted by molar-refractivity contribution is 9.10. The first-order valence-electron chi connectivity index (χ1n) is 4.97. The molecule has 1 N–H and O–H groups in total. The summed E-state index contributed by atoms with van der Waals surface area (Å²) in [6, 6.07) is 5.06. The van der Waals surface area contributed by atoms with E-state index < -0.39 is 0 Å². The molecule has 0 radical (unpaired) electrons. The molecular weight excluding hydrogens is 309 g/mol. The van der Waals surface area contributed by atoms with Gasteiger partial charge in [0.05, 0.1) is 11.1 Å². The Morgan fingerprint density at radius 2 is 2.29 bits per heavy atom. The zero-order valence-corrected chi connectivity index (χ0v) is 11.7. The first kappa shape index (κ1) is 14.3. The molecular formula is C11H13BrClNO3. The van der Waals surface area contributed by atoms with Crippen LogP contribution in [0.4, 0.5) is 0 Å². The first-order chi connectivity index (χ1) is 8.04. The molecule has 1 rings (SSSR count). The fourth-order valence-corrected chi connectivity index (χ4v) is 1.91. The lowest BCUT2D eigenvalue weighted by Gasteiger charge is -2.16. The van der Waals surface area contributed by atoms with E-state index in [2.05, 4.69) is 15.9 Å². The van der Waals surface area contributed by atoms with Crippen molar-refractivity contribution in [3.63, 3.8) is 0 Å². The molecule has 1 amide bonds. The number of amides is 1. The van der Waals surface area contributed by atoms with Crippen LogP contribution in [0.25, 0.3) is 0 Å². The van der Waals surface area contributed by atoms with Gasteiger partial charge in [-0.05, 0) is 34.1 Å². The van der Waals surface area contributed by atoms with Gasteiger partial charge >= 0.3 is 0 Å². The van der Waals surface area contributed by atoms with Gasteiger partial charge in [-0.3, -0.25) is 4.79 Å². The van der Waals surface area contributed by atoms with Crippen LogP contribution in [0.1, 0.15) is 0 Å². The second-order valence-corrected chi connectivity index (χ2v) is 4.69. The minimum atomic E-state index is -0.194. The van der Waals surface area contributed by atoms with Crippen LogP contribution >= 0.6 is 27.5 Å². The summed E-state index contributed by atoms with van der Waals surface area (Å²) in [7, 11) is 1.61. The molecule has 0 aliphatic rings. The zero-order chi connectivity index (χ0) is 12.8. The monoisotopic (exact) mass is 321 g/mol. The number of aliphatic hydroxyl groups is 1. The van der Waals surface area contributed by atoms with Crippen LogP contribution in [-0.4, -0.2) is 42.7 Å². The maximum absolute atomic E-state index is 11.5. The first-order valence-corrected chi connectivity index (χ1v) is 6.14. The zero-order valence-electron chi connectivity index (χ0n) is 9.32. The van der Waals surface area contributed by atoms with E-state index in [1.54, 1.807) is 25.2 Å². The normalized spacial score (nSPS) is 10.1. The summed E-state index contributed by atoms with van der Waals surface area (Å²) >= 11 is 9.07. The molecule has 0 aliphatic carbocycles. The van der Waals surface area contributed by atoms with Crippen molar-refractivity contribution in [3.05, 3.63) is 27.7 Å². The number of carbonyl (C=O) groups is 1. The van der Waals surface area contributed by atoms with Gasteiger partial charge in [0.1, 0.15) is 5.75 Å². The maximum Gasteiger partial charge on any atom is 0.260 e. The van der Waals surface area contributed by atoms with Crippen molar-refractivity contribution < 1.29 is 14.6 Å². The summed E-state index contributed by atoms with van der Waals surface area (Å²) in [4.78, 5) is 12.9. The molecule has 0 spiro atoms. The number of likely N-dealkylation sites (N-methyl/N-ethyl adjacent to an activating group) is 1. The van der Waals surface area contributed by atoms with Crippen molar-refractivity contribution in [3.8, 4) is 5.75 Å². The Kier molecular flexibility index (Phi) is 5.74. The Morgan fingerprint density at radius 1 is 1.59 bits per heavy atom. The number of hydrogen-bond acceptors (Lipinski definition) is 3. The molecule has 17 heavy (non-hydrogen) atoms. The number of rotatable bonds is 5. The fourth-order valence-electron chi connectivity index (χ4n) is 1.12. The maximum atomic E-state index is 11.5. The summed E-state index contributed by atoms with van der Waals surface area (Å²) < 4.78 is 6.04. The van der Waals surface area contributed by atoms with E-state index in [0.717, 1.165) is 0 Å². The number of hydrogen-bond donors (Lipinski definition) is 1. The van der Waals surface area contributed by atoms with Gasteiger partial charge in [0.25, 0.3) is 5.91 Å². The third kappa shape index (κ3) is 4.53.